The molecular formula is C26H49N9. The van der Waals surface area contributed by atoms with Gasteiger partial charge < -0.3 is 31.9 Å². The molecule has 3 aliphatic rings. The molecule has 35 heavy (non-hydrogen) atoms. The Morgan fingerprint density at radius 3 is 2.26 bits per heavy atom. The van der Waals surface area contributed by atoms with Crippen molar-refractivity contribution in [2.75, 3.05) is 55.2 Å². The third-order valence-corrected chi connectivity index (χ3v) is 8.00. The van der Waals surface area contributed by atoms with Gasteiger partial charge >= 0.3 is 0 Å². The normalized spacial score (nSPS) is 28.2. The van der Waals surface area contributed by atoms with E-state index in [9.17, 15) is 0 Å². The molecule has 1 aliphatic heterocycles. The van der Waals surface area contributed by atoms with E-state index in [0.29, 0.717) is 35.8 Å². The highest BCUT2D eigenvalue weighted by Gasteiger charge is 2.24. The van der Waals surface area contributed by atoms with Crippen LogP contribution >= 0.6 is 0 Å². The van der Waals surface area contributed by atoms with Crippen LogP contribution in [-0.2, 0) is 0 Å². The molecule has 4 rings (SSSR count). The zero-order valence-electron chi connectivity index (χ0n) is 22.1. The Kier molecular flexibility index (Phi) is 10.2. The van der Waals surface area contributed by atoms with E-state index in [0.717, 1.165) is 44.7 Å². The highest BCUT2D eigenvalue weighted by molar-refractivity contribution is 5.42. The molecule has 0 spiro atoms. The Morgan fingerprint density at radius 1 is 0.857 bits per heavy atom. The van der Waals surface area contributed by atoms with Crippen LogP contribution in [0.15, 0.2) is 0 Å². The summed E-state index contributed by atoms with van der Waals surface area (Å²) in [6.45, 7) is 10.5. The third kappa shape index (κ3) is 8.72. The van der Waals surface area contributed by atoms with Crippen molar-refractivity contribution in [3.05, 3.63) is 0 Å². The van der Waals surface area contributed by atoms with Gasteiger partial charge in [0, 0.05) is 37.8 Å². The summed E-state index contributed by atoms with van der Waals surface area (Å²) in [5, 5.41) is 14.5. The first kappa shape index (κ1) is 26.4. The maximum absolute atomic E-state index is 6.02. The molecule has 2 aliphatic carbocycles. The van der Waals surface area contributed by atoms with Crippen molar-refractivity contribution in [1.82, 2.24) is 30.9 Å². The zero-order valence-corrected chi connectivity index (χ0v) is 22.1. The van der Waals surface area contributed by atoms with Crippen molar-refractivity contribution in [1.29, 1.82) is 0 Å². The second-order valence-corrected chi connectivity index (χ2v) is 11.3. The van der Waals surface area contributed by atoms with Gasteiger partial charge in [0.1, 0.15) is 0 Å². The second kappa shape index (κ2) is 13.6. The van der Waals surface area contributed by atoms with Gasteiger partial charge in [0.15, 0.2) is 0 Å². The summed E-state index contributed by atoms with van der Waals surface area (Å²) in [4.78, 5) is 15.6. The molecule has 1 aromatic rings. The molecule has 2 atom stereocenters. The van der Waals surface area contributed by atoms with E-state index in [-0.39, 0.29) is 0 Å². The fourth-order valence-electron chi connectivity index (χ4n) is 6.10. The van der Waals surface area contributed by atoms with Crippen molar-refractivity contribution >= 4 is 17.8 Å². The van der Waals surface area contributed by atoms with E-state index in [1.807, 2.05) is 0 Å². The van der Waals surface area contributed by atoms with E-state index in [1.54, 1.807) is 0 Å². The maximum atomic E-state index is 6.02. The van der Waals surface area contributed by atoms with Gasteiger partial charge in [-0.05, 0) is 90.3 Å². The molecule has 0 amide bonds. The summed E-state index contributed by atoms with van der Waals surface area (Å²) in [6.07, 6.45) is 13.4. The Morgan fingerprint density at radius 2 is 1.54 bits per heavy atom. The lowest BCUT2D eigenvalue weighted by Gasteiger charge is -2.36. The summed E-state index contributed by atoms with van der Waals surface area (Å²) in [7, 11) is 0. The Balaban J connectivity index is 1.10. The number of rotatable bonds is 11. The molecule has 0 aromatic carbocycles. The zero-order chi connectivity index (χ0) is 24.5. The van der Waals surface area contributed by atoms with E-state index < -0.39 is 0 Å². The third-order valence-electron chi connectivity index (χ3n) is 8.00. The molecule has 1 saturated heterocycles. The molecule has 6 N–H and O–H groups in total. The van der Waals surface area contributed by atoms with Crippen LogP contribution in [0.1, 0.15) is 78.1 Å². The standard InChI is InChI=1S/C26H49N9/c1-19-17-35(18-20(2)31-19)26-33-24(27)32-25(34-26)30-16-22-11-9-21(10-12-22)15-28-13-6-14-29-23-7-4-3-5-8-23/h19-23,28-29,31H,3-18H2,1-2H3,(H3,27,30,32,33,34)/t19?,20?,21-,22-. The molecule has 2 unspecified atom stereocenters. The lowest BCUT2D eigenvalue weighted by Crippen LogP contribution is -2.54. The number of aromatic nitrogens is 3. The van der Waals surface area contributed by atoms with Crippen molar-refractivity contribution in [2.45, 2.75) is 96.2 Å². The molecule has 2 heterocycles. The highest BCUT2D eigenvalue weighted by atomic mass is 15.3. The van der Waals surface area contributed by atoms with Crippen molar-refractivity contribution in [3.63, 3.8) is 0 Å². The number of hydrogen-bond acceptors (Lipinski definition) is 9. The van der Waals surface area contributed by atoms with Crippen LogP contribution in [0.3, 0.4) is 0 Å². The largest absolute Gasteiger partial charge is 0.368 e. The average Bonchev–Trinajstić information content (AvgIpc) is 2.85. The van der Waals surface area contributed by atoms with Crippen LogP contribution in [0, 0.1) is 11.8 Å². The van der Waals surface area contributed by atoms with Crippen molar-refractivity contribution in [3.8, 4) is 0 Å². The van der Waals surface area contributed by atoms with Gasteiger partial charge in [-0.25, -0.2) is 0 Å². The summed E-state index contributed by atoms with van der Waals surface area (Å²) < 4.78 is 0. The summed E-state index contributed by atoms with van der Waals surface area (Å²) in [6, 6.07) is 1.58. The fraction of sp³-hybridized carbons (Fsp3) is 0.885. The van der Waals surface area contributed by atoms with Gasteiger partial charge in [-0.15, -0.1) is 0 Å². The van der Waals surface area contributed by atoms with Crippen LogP contribution in [0.4, 0.5) is 17.8 Å². The van der Waals surface area contributed by atoms with Gasteiger partial charge in [-0.3, -0.25) is 0 Å². The molecule has 0 radical (unpaired) electrons. The molecule has 0 bridgehead atoms. The molecule has 3 fully saturated rings. The first-order chi connectivity index (χ1) is 17.0. The second-order valence-electron chi connectivity index (χ2n) is 11.3. The SMILES string of the molecule is CC1CN(c2nc(N)nc(NC[C@H]3CC[C@H](CNCCCNC4CCCCC4)CC3)n2)CC(C)N1. The average molecular weight is 488 g/mol. The topological polar surface area (TPSA) is 116 Å². The number of nitrogens with zero attached hydrogens (tertiary/aromatic N) is 4. The maximum Gasteiger partial charge on any atom is 0.232 e. The molecule has 198 valence electrons. The first-order valence-corrected chi connectivity index (χ1v) is 14.3. The van der Waals surface area contributed by atoms with E-state index in [1.165, 1.54) is 70.8 Å². The van der Waals surface area contributed by atoms with Gasteiger partial charge in [0.2, 0.25) is 17.8 Å². The Hall–Kier alpha value is -1.71. The number of anilines is 3. The van der Waals surface area contributed by atoms with E-state index in [2.05, 4.69) is 55.0 Å². The lowest BCUT2D eigenvalue weighted by molar-refractivity contribution is 0.275. The van der Waals surface area contributed by atoms with Gasteiger partial charge in [0.05, 0.1) is 0 Å². The van der Waals surface area contributed by atoms with Gasteiger partial charge in [-0.1, -0.05) is 19.3 Å². The molecule has 1 aromatic heterocycles. The number of hydrogen-bond donors (Lipinski definition) is 5. The van der Waals surface area contributed by atoms with Crippen LogP contribution in [0.2, 0.25) is 0 Å². The van der Waals surface area contributed by atoms with Crippen LogP contribution < -0.4 is 31.9 Å². The minimum absolute atomic E-state index is 0.292. The van der Waals surface area contributed by atoms with Crippen LogP contribution in [0.25, 0.3) is 0 Å². The quantitative estimate of drug-likeness (QED) is 0.300. The molecule has 9 heteroatoms. The van der Waals surface area contributed by atoms with Gasteiger partial charge in [-0.2, -0.15) is 15.0 Å². The minimum Gasteiger partial charge on any atom is -0.368 e. The monoisotopic (exact) mass is 487 g/mol. The minimum atomic E-state index is 0.292. The summed E-state index contributed by atoms with van der Waals surface area (Å²) in [5.74, 6) is 3.07. The number of nitrogen functional groups attached to an aromatic ring is 1. The Bertz CT molecular complexity index is 736. The van der Waals surface area contributed by atoms with Crippen LogP contribution in [-0.4, -0.2) is 72.3 Å². The fourth-order valence-corrected chi connectivity index (χ4v) is 6.10. The predicted molar refractivity (Wildman–Crippen MR) is 145 cm³/mol. The predicted octanol–water partition coefficient (Wildman–Crippen LogP) is 2.76. The van der Waals surface area contributed by atoms with Gasteiger partial charge in [0.25, 0.3) is 0 Å². The number of nitrogens with one attached hydrogen (secondary N) is 4. The van der Waals surface area contributed by atoms with E-state index >= 15 is 0 Å². The number of nitrogens with two attached hydrogens (primary N) is 1. The smallest absolute Gasteiger partial charge is 0.232 e. The highest BCUT2D eigenvalue weighted by Crippen LogP contribution is 2.28. The summed E-state index contributed by atoms with van der Waals surface area (Å²) >= 11 is 0. The summed E-state index contributed by atoms with van der Waals surface area (Å²) in [5.41, 5.74) is 6.02. The van der Waals surface area contributed by atoms with E-state index in [4.69, 9.17) is 5.73 Å². The van der Waals surface area contributed by atoms with Crippen molar-refractivity contribution in [2.24, 2.45) is 11.8 Å². The molecule has 2 saturated carbocycles. The number of piperazine rings is 1. The molecule has 9 nitrogen and oxygen atoms in total. The molecular weight excluding hydrogens is 438 g/mol. The Labute approximate surface area is 212 Å². The first-order valence-electron chi connectivity index (χ1n) is 14.3. The van der Waals surface area contributed by atoms with Crippen molar-refractivity contribution < 1.29 is 0 Å². The lowest BCUT2D eigenvalue weighted by atomic mass is 9.82. The van der Waals surface area contributed by atoms with Crippen LogP contribution in [0.5, 0.6) is 0 Å².